The van der Waals surface area contributed by atoms with E-state index >= 15 is 0 Å². The summed E-state index contributed by atoms with van der Waals surface area (Å²) >= 11 is 3.41. The van der Waals surface area contributed by atoms with Crippen LogP contribution in [-0.4, -0.2) is 16.5 Å². The van der Waals surface area contributed by atoms with Crippen LogP contribution in [0.1, 0.15) is 34.4 Å². The quantitative estimate of drug-likeness (QED) is 0.904. The molecule has 0 saturated carbocycles. The van der Waals surface area contributed by atoms with Gasteiger partial charge in [-0.15, -0.1) is 22.7 Å². The lowest BCUT2D eigenvalue weighted by Gasteiger charge is -2.14. The van der Waals surface area contributed by atoms with E-state index in [0.717, 1.165) is 34.4 Å². The van der Waals surface area contributed by atoms with E-state index in [1.54, 1.807) is 22.7 Å². The second kappa shape index (κ2) is 5.71. The Morgan fingerprint density at radius 3 is 2.41 bits per heavy atom. The van der Waals surface area contributed by atoms with Crippen LogP contribution in [-0.2, 0) is 6.42 Å². The first-order valence-electron chi connectivity index (χ1n) is 5.75. The van der Waals surface area contributed by atoms with Gasteiger partial charge in [-0.2, -0.15) is 0 Å². The molecule has 3 nitrogen and oxygen atoms in total. The SMILES string of the molecule is CCNC(Cc1csc(C)n1)c1csc(C)n1. The van der Waals surface area contributed by atoms with Crippen LogP contribution in [0.25, 0.3) is 0 Å². The molecule has 1 N–H and O–H groups in total. The Morgan fingerprint density at radius 2 is 1.88 bits per heavy atom. The molecule has 0 aliphatic rings. The van der Waals surface area contributed by atoms with Crippen LogP contribution in [0.5, 0.6) is 0 Å². The molecule has 1 atom stereocenters. The van der Waals surface area contributed by atoms with Gasteiger partial charge < -0.3 is 5.32 Å². The summed E-state index contributed by atoms with van der Waals surface area (Å²) in [6, 6.07) is 0.284. The summed E-state index contributed by atoms with van der Waals surface area (Å²) in [6.07, 6.45) is 0.918. The van der Waals surface area contributed by atoms with Crippen LogP contribution in [0.15, 0.2) is 10.8 Å². The molecule has 0 amide bonds. The highest BCUT2D eigenvalue weighted by Crippen LogP contribution is 2.21. The molecular formula is C12H17N3S2. The number of aryl methyl sites for hydroxylation is 2. The predicted molar refractivity (Wildman–Crippen MR) is 73.8 cm³/mol. The summed E-state index contributed by atoms with van der Waals surface area (Å²) in [5.41, 5.74) is 2.30. The van der Waals surface area contributed by atoms with Gasteiger partial charge in [0.25, 0.3) is 0 Å². The average Bonchev–Trinajstić information content (AvgIpc) is 2.87. The molecule has 92 valence electrons. The van der Waals surface area contributed by atoms with Gasteiger partial charge in [-0.1, -0.05) is 6.92 Å². The zero-order chi connectivity index (χ0) is 12.3. The van der Waals surface area contributed by atoms with Gasteiger partial charge in [-0.05, 0) is 20.4 Å². The fourth-order valence-corrected chi connectivity index (χ4v) is 3.07. The number of aromatic nitrogens is 2. The van der Waals surface area contributed by atoms with Crippen LogP contribution < -0.4 is 5.32 Å². The van der Waals surface area contributed by atoms with E-state index in [9.17, 15) is 0 Å². The van der Waals surface area contributed by atoms with E-state index in [2.05, 4.69) is 33.0 Å². The summed E-state index contributed by atoms with van der Waals surface area (Å²) in [7, 11) is 0. The molecule has 0 aromatic carbocycles. The average molecular weight is 267 g/mol. The Labute approximate surface area is 110 Å². The number of likely N-dealkylation sites (N-methyl/N-ethyl adjacent to an activating group) is 1. The zero-order valence-electron chi connectivity index (χ0n) is 10.4. The number of rotatable bonds is 5. The predicted octanol–water partition coefficient (Wildman–Crippen LogP) is 3.11. The Hall–Kier alpha value is -0.780. The van der Waals surface area contributed by atoms with Gasteiger partial charge in [-0.3, -0.25) is 0 Å². The first-order valence-corrected chi connectivity index (χ1v) is 7.51. The summed E-state index contributed by atoms with van der Waals surface area (Å²) in [4.78, 5) is 9.08. The van der Waals surface area contributed by atoms with E-state index < -0.39 is 0 Å². The number of thiazole rings is 2. The number of nitrogens with zero attached hydrogens (tertiary/aromatic N) is 2. The minimum absolute atomic E-state index is 0.284. The van der Waals surface area contributed by atoms with Gasteiger partial charge in [-0.25, -0.2) is 9.97 Å². The summed E-state index contributed by atoms with van der Waals surface area (Å²) in [6.45, 7) is 7.16. The van der Waals surface area contributed by atoms with Crippen molar-refractivity contribution in [1.82, 2.24) is 15.3 Å². The third kappa shape index (κ3) is 3.34. The van der Waals surface area contributed by atoms with Crippen molar-refractivity contribution in [3.63, 3.8) is 0 Å². The van der Waals surface area contributed by atoms with Gasteiger partial charge in [0.05, 0.1) is 27.4 Å². The summed E-state index contributed by atoms with van der Waals surface area (Å²) in [5.74, 6) is 0. The molecule has 0 saturated heterocycles. The third-order valence-electron chi connectivity index (χ3n) is 2.52. The van der Waals surface area contributed by atoms with Gasteiger partial charge in [0.1, 0.15) is 0 Å². The van der Waals surface area contributed by atoms with Crippen LogP contribution in [0.2, 0.25) is 0 Å². The molecule has 2 rings (SSSR count). The molecule has 17 heavy (non-hydrogen) atoms. The monoisotopic (exact) mass is 267 g/mol. The van der Waals surface area contributed by atoms with Crippen molar-refractivity contribution in [2.45, 2.75) is 33.2 Å². The Kier molecular flexibility index (Phi) is 4.25. The highest BCUT2D eigenvalue weighted by Gasteiger charge is 2.15. The number of nitrogens with one attached hydrogen (secondary N) is 1. The highest BCUT2D eigenvalue weighted by molar-refractivity contribution is 7.09. The van der Waals surface area contributed by atoms with Crippen LogP contribution in [0.3, 0.4) is 0 Å². The third-order valence-corrected chi connectivity index (χ3v) is 4.14. The van der Waals surface area contributed by atoms with E-state index in [1.165, 1.54) is 0 Å². The van der Waals surface area contributed by atoms with E-state index in [0.29, 0.717) is 0 Å². The molecule has 0 bridgehead atoms. The topological polar surface area (TPSA) is 37.8 Å². The lowest BCUT2D eigenvalue weighted by molar-refractivity contribution is 0.534. The molecule has 0 aliphatic carbocycles. The van der Waals surface area contributed by atoms with E-state index in [-0.39, 0.29) is 6.04 Å². The van der Waals surface area contributed by atoms with Gasteiger partial charge in [0, 0.05) is 17.2 Å². The second-order valence-electron chi connectivity index (χ2n) is 3.96. The molecule has 2 heterocycles. The minimum Gasteiger partial charge on any atom is -0.309 e. The maximum Gasteiger partial charge on any atom is 0.0898 e. The molecule has 0 spiro atoms. The summed E-state index contributed by atoms with van der Waals surface area (Å²) in [5, 5.41) is 10.0. The number of hydrogen-bond donors (Lipinski definition) is 1. The van der Waals surface area contributed by atoms with Crippen molar-refractivity contribution in [1.29, 1.82) is 0 Å². The van der Waals surface area contributed by atoms with Crippen molar-refractivity contribution < 1.29 is 0 Å². The molecule has 5 heteroatoms. The maximum atomic E-state index is 4.56. The largest absolute Gasteiger partial charge is 0.309 e. The van der Waals surface area contributed by atoms with Crippen molar-refractivity contribution >= 4 is 22.7 Å². The normalized spacial score (nSPS) is 12.9. The van der Waals surface area contributed by atoms with Crippen LogP contribution in [0, 0.1) is 13.8 Å². The van der Waals surface area contributed by atoms with E-state index in [4.69, 9.17) is 0 Å². The number of hydrogen-bond acceptors (Lipinski definition) is 5. The molecule has 2 aromatic rings. The first kappa shape index (κ1) is 12.7. The molecule has 1 unspecified atom stereocenters. The van der Waals surface area contributed by atoms with Crippen molar-refractivity contribution in [3.8, 4) is 0 Å². The standard InChI is InChI=1S/C12H17N3S2/c1-4-13-11(12-7-17-9(3)15-12)5-10-6-16-8(2)14-10/h6-7,11,13H,4-5H2,1-3H3. The van der Waals surface area contributed by atoms with Gasteiger partial charge in [0.2, 0.25) is 0 Å². The molecular weight excluding hydrogens is 250 g/mol. The van der Waals surface area contributed by atoms with Crippen LogP contribution >= 0.6 is 22.7 Å². The Balaban J connectivity index is 2.12. The molecule has 0 fully saturated rings. The van der Waals surface area contributed by atoms with Gasteiger partial charge >= 0.3 is 0 Å². The van der Waals surface area contributed by atoms with Crippen molar-refractivity contribution in [3.05, 3.63) is 32.2 Å². The van der Waals surface area contributed by atoms with Crippen molar-refractivity contribution in [2.24, 2.45) is 0 Å². The highest BCUT2D eigenvalue weighted by atomic mass is 32.1. The lowest BCUT2D eigenvalue weighted by atomic mass is 10.1. The van der Waals surface area contributed by atoms with Gasteiger partial charge in [0.15, 0.2) is 0 Å². The Bertz CT molecular complexity index is 476. The minimum atomic E-state index is 0.284. The smallest absolute Gasteiger partial charge is 0.0898 e. The maximum absolute atomic E-state index is 4.56. The fourth-order valence-electron chi connectivity index (χ4n) is 1.78. The second-order valence-corrected chi connectivity index (χ2v) is 6.09. The Morgan fingerprint density at radius 1 is 1.18 bits per heavy atom. The molecule has 0 aliphatic heterocycles. The fraction of sp³-hybridized carbons (Fsp3) is 0.500. The zero-order valence-corrected chi connectivity index (χ0v) is 12.0. The summed E-state index contributed by atoms with van der Waals surface area (Å²) < 4.78 is 0. The molecule has 0 radical (unpaired) electrons. The van der Waals surface area contributed by atoms with Crippen LogP contribution in [0.4, 0.5) is 0 Å². The van der Waals surface area contributed by atoms with Crippen molar-refractivity contribution in [2.75, 3.05) is 6.54 Å². The lowest BCUT2D eigenvalue weighted by Crippen LogP contribution is -2.23. The molecule has 2 aromatic heterocycles. The van der Waals surface area contributed by atoms with E-state index in [1.807, 2.05) is 13.8 Å². The first-order chi connectivity index (χ1) is 8.19.